The molecule has 0 saturated heterocycles. The summed E-state index contributed by atoms with van der Waals surface area (Å²) in [5, 5.41) is 20.5. The summed E-state index contributed by atoms with van der Waals surface area (Å²) in [6.07, 6.45) is 2.97. The molecule has 0 unspecified atom stereocenters. The van der Waals surface area contributed by atoms with Gasteiger partial charge in [0.05, 0.1) is 11.4 Å². The van der Waals surface area contributed by atoms with Crippen molar-refractivity contribution in [2.24, 2.45) is 5.92 Å². The molecule has 0 spiro atoms. The lowest BCUT2D eigenvalue weighted by atomic mass is 9.82. The van der Waals surface area contributed by atoms with E-state index in [-0.39, 0.29) is 35.9 Å². The minimum absolute atomic E-state index is 0.00544. The van der Waals surface area contributed by atoms with Gasteiger partial charge in [0.1, 0.15) is 11.6 Å². The maximum absolute atomic E-state index is 13.9. The van der Waals surface area contributed by atoms with Crippen LogP contribution in [0.5, 0.6) is 5.75 Å². The van der Waals surface area contributed by atoms with Crippen LogP contribution in [-0.2, 0) is 11.3 Å². The number of aromatic hydroxyl groups is 1. The zero-order valence-corrected chi connectivity index (χ0v) is 18.6. The molecule has 33 heavy (non-hydrogen) atoms. The molecular formula is C25H27FN4O3. The third-order valence-corrected chi connectivity index (χ3v) is 5.91. The molecule has 2 amide bonds. The Morgan fingerprint density at radius 2 is 1.94 bits per heavy atom. The summed E-state index contributed by atoms with van der Waals surface area (Å²) in [5.74, 6) is -0.529. The van der Waals surface area contributed by atoms with E-state index in [1.54, 1.807) is 50.2 Å². The summed E-state index contributed by atoms with van der Waals surface area (Å²) >= 11 is 0. The average molecular weight is 451 g/mol. The van der Waals surface area contributed by atoms with Gasteiger partial charge in [0.25, 0.3) is 0 Å². The molecular weight excluding hydrogens is 423 g/mol. The zero-order valence-electron chi connectivity index (χ0n) is 18.6. The number of nitrogens with one attached hydrogen (secondary N) is 2. The van der Waals surface area contributed by atoms with Crippen LogP contribution in [-0.4, -0.2) is 26.8 Å². The summed E-state index contributed by atoms with van der Waals surface area (Å²) < 4.78 is 15.2. The second kappa shape index (κ2) is 9.44. The first-order valence-corrected chi connectivity index (χ1v) is 11.1. The Morgan fingerprint density at radius 1 is 1.18 bits per heavy atom. The third-order valence-electron chi connectivity index (χ3n) is 5.91. The van der Waals surface area contributed by atoms with Crippen molar-refractivity contribution < 1.29 is 19.1 Å². The van der Waals surface area contributed by atoms with Crippen LogP contribution in [0.2, 0.25) is 0 Å². The van der Waals surface area contributed by atoms with E-state index in [0.29, 0.717) is 22.5 Å². The molecule has 1 fully saturated rings. The van der Waals surface area contributed by atoms with Crippen LogP contribution >= 0.6 is 0 Å². The molecule has 172 valence electrons. The lowest BCUT2D eigenvalue weighted by Crippen LogP contribution is -2.31. The molecule has 0 bridgehead atoms. The highest BCUT2D eigenvalue weighted by Crippen LogP contribution is 2.39. The Bertz CT molecular complexity index is 1180. The number of nitrogens with zero attached hydrogens (tertiary/aromatic N) is 2. The van der Waals surface area contributed by atoms with E-state index < -0.39 is 6.03 Å². The highest BCUT2D eigenvalue weighted by Gasteiger charge is 2.27. The zero-order chi connectivity index (χ0) is 23.5. The van der Waals surface area contributed by atoms with Gasteiger partial charge in [-0.1, -0.05) is 38.5 Å². The predicted molar refractivity (Wildman–Crippen MR) is 123 cm³/mol. The van der Waals surface area contributed by atoms with Crippen molar-refractivity contribution in [2.45, 2.75) is 45.6 Å². The molecule has 1 heterocycles. The summed E-state index contributed by atoms with van der Waals surface area (Å²) in [5.41, 5.74) is 2.51. The molecule has 2 aromatic carbocycles. The molecule has 7 nitrogen and oxygen atoms in total. The van der Waals surface area contributed by atoms with Gasteiger partial charge in [-0.2, -0.15) is 9.78 Å². The summed E-state index contributed by atoms with van der Waals surface area (Å²) in [6.45, 7) is 3.62. The number of carbonyl (C=O) groups is 2. The second-order valence-corrected chi connectivity index (χ2v) is 8.62. The van der Waals surface area contributed by atoms with Gasteiger partial charge in [-0.3, -0.25) is 4.79 Å². The van der Waals surface area contributed by atoms with E-state index in [2.05, 4.69) is 15.7 Å². The van der Waals surface area contributed by atoms with E-state index >= 15 is 0 Å². The highest BCUT2D eigenvalue weighted by molar-refractivity contribution is 5.93. The molecule has 1 aromatic heterocycles. The summed E-state index contributed by atoms with van der Waals surface area (Å²) in [4.78, 5) is 25.0. The van der Waals surface area contributed by atoms with E-state index in [1.165, 1.54) is 16.8 Å². The smallest absolute Gasteiger partial charge is 0.342 e. The number of aromatic nitrogens is 2. The quantitative estimate of drug-likeness (QED) is 0.460. The lowest BCUT2D eigenvalue weighted by molar-refractivity contribution is -0.118. The van der Waals surface area contributed by atoms with Crippen LogP contribution in [0, 0.1) is 11.7 Å². The van der Waals surface area contributed by atoms with Crippen molar-refractivity contribution >= 4 is 17.6 Å². The van der Waals surface area contributed by atoms with Gasteiger partial charge in [-0.05, 0) is 43.2 Å². The third kappa shape index (κ3) is 4.89. The van der Waals surface area contributed by atoms with E-state index in [0.717, 1.165) is 25.0 Å². The van der Waals surface area contributed by atoms with Crippen LogP contribution in [0.1, 0.15) is 50.3 Å². The minimum Gasteiger partial charge on any atom is -0.507 e. The number of halogens is 1. The number of hydrogen-bond acceptors (Lipinski definition) is 4. The second-order valence-electron chi connectivity index (χ2n) is 8.62. The Labute approximate surface area is 191 Å². The average Bonchev–Trinajstić information content (AvgIpc) is 3.17. The van der Waals surface area contributed by atoms with Crippen molar-refractivity contribution in [3.05, 3.63) is 65.6 Å². The Kier molecular flexibility index (Phi) is 6.44. The molecule has 1 aliphatic rings. The molecule has 1 aliphatic carbocycles. The maximum atomic E-state index is 13.9. The minimum atomic E-state index is -0.463. The number of anilines is 1. The topological polar surface area (TPSA) is 96.2 Å². The van der Waals surface area contributed by atoms with Crippen molar-refractivity contribution in [1.29, 1.82) is 0 Å². The van der Waals surface area contributed by atoms with Gasteiger partial charge >= 0.3 is 6.03 Å². The van der Waals surface area contributed by atoms with Gasteiger partial charge in [0.15, 0.2) is 0 Å². The van der Waals surface area contributed by atoms with Gasteiger partial charge in [0, 0.05) is 35.2 Å². The number of amides is 2. The Balaban J connectivity index is 1.62. The normalized spacial score (nSPS) is 13.6. The monoisotopic (exact) mass is 450 g/mol. The molecule has 0 radical (unpaired) electrons. The standard InChI is InChI=1S/C25H27FN4O3/c1-15(2)24(32)28-18-10-11-23(31)19(12-18)21-13-22(16-7-5-8-16)30(29-21)25(33)27-14-17-6-3-4-9-20(17)26/h3-4,6,9-13,15-16,31H,5,7-8,14H2,1-2H3,(H,27,33)(H,28,32). The molecule has 1 saturated carbocycles. The largest absolute Gasteiger partial charge is 0.507 e. The number of hydrogen-bond donors (Lipinski definition) is 3. The van der Waals surface area contributed by atoms with Gasteiger partial charge in [-0.15, -0.1) is 0 Å². The van der Waals surface area contributed by atoms with Crippen molar-refractivity contribution in [3.8, 4) is 17.0 Å². The van der Waals surface area contributed by atoms with Gasteiger partial charge in [-0.25, -0.2) is 9.18 Å². The number of carbonyl (C=O) groups excluding carboxylic acids is 2. The van der Waals surface area contributed by atoms with E-state index in [1.807, 2.05) is 0 Å². The molecule has 3 aromatic rings. The summed E-state index contributed by atoms with van der Waals surface area (Å²) in [7, 11) is 0. The molecule has 0 atom stereocenters. The first kappa shape index (κ1) is 22.5. The fourth-order valence-electron chi connectivity index (χ4n) is 3.68. The fraction of sp³-hybridized carbons (Fsp3) is 0.320. The summed E-state index contributed by atoms with van der Waals surface area (Å²) in [6, 6.07) is 12.4. The van der Waals surface area contributed by atoms with E-state index in [9.17, 15) is 19.1 Å². The predicted octanol–water partition coefficient (Wildman–Crippen LogP) is 5.01. The highest BCUT2D eigenvalue weighted by atomic mass is 19.1. The van der Waals surface area contributed by atoms with Crippen molar-refractivity contribution in [3.63, 3.8) is 0 Å². The number of phenolic OH excluding ortho intramolecular Hbond substituents is 1. The van der Waals surface area contributed by atoms with Crippen LogP contribution in [0.15, 0.2) is 48.5 Å². The fourth-order valence-corrected chi connectivity index (χ4v) is 3.68. The Morgan fingerprint density at radius 3 is 2.61 bits per heavy atom. The molecule has 4 rings (SSSR count). The van der Waals surface area contributed by atoms with Crippen molar-refractivity contribution in [1.82, 2.24) is 15.1 Å². The van der Waals surface area contributed by atoms with Crippen LogP contribution in [0.4, 0.5) is 14.9 Å². The number of phenols is 1. The van der Waals surface area contributed by atoms with Crippen molar-refractivity contribution in [2.75, 3.05) is 5.32 Å². The lowest BCUT2D eigenvalue weighted by Gasteiger charge is -2.25. The molecule has 3 N–H and O–H groups in total. The first-order valence-electron chi connectivity index (χ1n) is 11.1. The van der Waals surface area contributed by atoms with Gasteiger partial charge < -0.3 is 15.7 Å². The van der Waals surface area contributed by atoms with Gasteiger partial charge in [0.2, 0.25) is 5.91 Å². The van der Waals surface area contributed by atoms with E-state index in [4.69, 9.17) is 0 Å². The molecule has 0 aliphatic heterocycles. The van der Waals surface area contributed by atoms with Crippen LogP contribution in [0.25, 0.3) is 11.3 Å². The van der Waals surface area contributed by atoms with Crippen LogP contribution in [0.3, 0.4) is 0 Å². The number of rotatable bonds is 6. The first-order chi connectivity index (χ1) is 15.8. The maximum Gasteiger partial charge on any atom is 0.342 e. The SMILES string of the molecule is CC(C)C(=O)Nc1ccc(O)c(-c2cc(C3CCC3)n(C(=O)NCc3ccccc3F)n2)c1. The Hall–Kier alpha value is -3.68. The van der Waals surface area contributed by atoms with Crippen LogP contribution < -0.4 is 10.6 Å². The molecule has 8 heteroatoms. The number of benzene rings is 2.